The van der Waals surface area contributed by atoms with E-state index in [-0.39, 0.29) is 5.78 Å². The van der Waals surface area contributed by atoms with Crippen molar-refractivity contribution in [1.82, 2.24) is 20.4 Å². The van der Waals surface area contributed by atoms with E-state index in [0.29, 0.717) is 18.1 Å². The van der Waals surface area contributed by atoms with Gasteiger partial charge in [0.15, 0.2) is 5.82 Å². The van der Waals surface area contributed by atoms with Crippen molar-refractivity contribution < 1.29 is 4.79 Å². The Labute approximate surface area is 98.9 Å². The van der Waals surface area contributed by atoms with Gasteiger partial charge in [-0.05, 0) is 19.4 Å². The lowest BCUT2D eigenvalue weighted by molar-refractivity contribution is -0.116. The van der Waals surface area contributed by atoms with Gasteiger partial charge in [0.2, 0.25) is 5.82 Å². The van der Waals surface area contributed by atoms with Crippen LogP contribution in [0.5, 0.6) is 0 Å². The highest BCUT2D eigenvalue weighted by Crippen LogP contribution is 2.14. The molecule has 1 aromatic heterocycles. The van der Waals surface area contributed by atoms with Crippen LogP contribution in [0.3, 0.4) is 0 Å². The van der Waals surface area contributed by atoms with Gasteiger partial charge in [-0.25, -0.2) is 0 Å². The maximum Gasteiger partial charge on any atom is 0.203 e. The van der Waals surface area contributed by atoms with E-state index in [2.05, 4.69) is 20.4 Å². The number of ketones is 1. The number of aromatic nitrogens is 4. The van der Waals surface area contributed by atoms with Gasteiger partial charge in [0.25, 0.3) is 0 Å². The number of carbonyl (C=O) groups is 1. The molecule has 0 aliphatic carbocycles. The molecule has 1 heterocycles. The topological polar surface area (TPSA) is 68.6 Å². The lowest BCUT2D eigenvalue weighted by Crippen LogP contribution is -1.99. The van der Waals surface area contributed by atoms with Gasteiger partial charge in [0.1, 0.15) is 5.78 Å². The van der Waals surface area contributed by atoms with Gasteiger partial charge in [-0.1, -0.05) is 24.3 Å². The third-order valence-corrected chi connectivity index (χ3v) is 2.24. The summed E-state index contributed by atoms with van der Waals surface area (Å²) in [6.45, 7) is 3.31. The van der Waals surface area contributed by atoms with E-state index < -0.39 is 0 Å². The summed E-state index contributed by atoms with van der Waals surface area (Å²) >= 11 is 0. The van der Waals surface area contributed by atoms with Crippen molar-refractivity contribution in [1.29, 1.82) is 0 Å². The zero-order valence-corrected chi connectivity index (χ0v) is 9.71. The summed E-state index contributed by atoms with van der Waals surface area (Å²) in [4.78, 5) is 11.0. The predicted octanol–water partition coefficient (Wildman–Crippen LogP) is 1.37. The van der Waals surface area contributed by atoms with E-state index in [4.69, 9.17) is 0 Å². The summed E-state index contributed by atoms with van der Waals surface area (Å²) in [5.74, 6) is 1.18. The fourth-order valence-electron chi connectivity index (χ4n) is 1.45. The van der Waals surface area contributed by atoms with Crippen LogP contribution in [-0.4, -0.2) is 26.2 Å². The molecule has 0 fully saturated rings. The van der Waals surface area contributed by atoms with Crippen LogP contribution in [0.2, 0.25) is 0 Å². The molecule has 0 amide bonds. The average Bonchev–Trinajstić information content (AvgIpc) is 2.30. The number of hydrogen-bond donors (Lipinski definition) is 0. The van der Waals surface area contributed by atoms with Gasteiger partial charge in [0, 0.05) is 12.0 Å². The summed E-state index contributed by atoms with van der Waals surface area (Å²) < 4.78 is 0. The number of rotatable bonds is 3. The Balaban J connectivity index is 2.23. The predicted molar refractivity (Wildman–Crippen MR) is 62.2 cm³/mol. The molecule has 2 rings (SSSR count). The lowest BCUT2D eigenvalue weighted by atomic mass is 10.1. The highest BCUT2D eigenvalue weighted by Gasteiger charge is 2.03. The van der Waals surface area contributed by atoms with Gasteiger partial charge in [-0.15, -0.1) is 20.4 Å². The molecule has 0 saturated heterocycles. The molecule has 0 aliphatic rings. The Hall–Kier alpha value is -2.17. The lowest BCUT2D eigenvalue weighted by Gasteiger charge is -2.00. The average molecular weight is 228 g/mol. The minimum absolute atomic E-state index is 0.146. The first kappa shape index (κ1) is 11.3. The smallest absolute Gasteiger partial charge is 0.203 e. The van der Waals surface area contributed by atoms with E-state index in [0.717, 1.165) is 11.1 Å². The molecule has 0 bridgehead atoms. The normalized spacial score (nSPS) is 10.2. The molecule has 0 spiro atoms. The van der Waals surface area contributed by atoms with Gasteiger partial charge in [-0.2, -0.15) is 0 Å². The van der Waals surface area contributed by atoms with E-state index in [1.54, 1.807) is 13.8 Å². The first-order valence-electron chi connectivity index (χ1n) is 5.28. The van der Waals surface area contributed by atoms with Gasteiger partial charge < -0.3 is 0 Å². The van der Waals surface area contributed by atoms with Crippen LogP contribution >= 0.6 is 0 Å². The second-order valence-electron chi connectivity index (χ2n) is 3.85. The molecule has 0 aliphatic heterocycles. The van der Waals surface area contributed by atoms with Crippen molar-refractivity contribution in [2.24, 2.45) is 0 Å². The Kier molecular flexibility index (Phi) is 3.18. The monoisotopic (exact) mass is 228 g/mol. The Morgan fingerprint density at radius 2 is 1.65 bits per heavy atom. The molecule has 5 heteroatoms. The fourth-order valence-corrected chi connectivity index (χ4v) is 1.45. The van der Waals surface area contributed by atoms with Crippen molar-refractivity contribution in [2.75, 3.05) is 0 Å². The number of carbonyl (C=O) groups excluding carboxylic acids is 1. The summed E-state index contributed by atoms with van der Waals surface area (Å²) in [7, 11) is 0. The number of Topliss-reactive ketones (excluding diaryl/α,β-unsaturated/α-hetero) is 1. The number of benzene rings is 1. The molecule has 0 saturated carbocycles. The maximum absolute atomic E-state index is 11.0. The molecule has 0 N–H and O–H groups in total. The molecular weight excluding hydrogens is 216 g/mol. The molecule has 17 heavy (non-hydrogen) atoms. The first-order chi connectivity index (χ1) is 8.15. The third-order valence-electron chi connectivity index (χ3n) is 2.24. The van der Waals surface area contributed by atoms with E-state index in [1.165, 1.54) is 0 Å². The molecule has 86 valence electrons. The quantitative estimate of drug-likeness (QED) is 0.793. The molecule has 0 radical (unpaired) electrons. The van der Waals surface area contributed by atoms with Crippen LogP contribution in [0.4, 0.5) is 0 Å². The Morgan fingerprint density at radius 1 is 1.06 bits per heavy atom. The zero-order chi connectivity index (χ0) is 12.3. The van der Waals surface area contributed by atoms with Crippen LogP contribution in [0.1, 0.15) is 18.3 Å². The second-order valence-corrected chi connectivity index (χ2v) is 3.85. The van der Waals surface area contributed by atoms with Crippen LogP contribution < -0.4 is 0 Å². The highest BCUT2D eigenvalue weighted by atomic mass is 16.1. The van der Waals surface area contributed by atoms with Crippen LogP contribution in [-0.2, 0) is 11.2 Å². The van der Waals surface area contributed by atoms with Gasteiger partial charge >= 0.3 is 0 Å². The van der Waals surface area contributed by atoms with E-state index in [1.807, 2.05) is 24.3 Å². The van der Waals surface area contributed by atoms with Crippen LogP contribution in [0, 0.1) is 6.92 Å². The Bertz CT molecular complexity index is 519. The van der Waals surface area contributed by atoms with E-state index >= 15 is 0 Å². The molecule has 1 aromatic carbocycles. The van der Waals surface area contributed by atoms with Crippen molar-refractivity contribution >= 4 is 5.78 Å². The standard InChI is InChI=1S/C12H12N4O/c1-8(17)7-10-3-5-11(6-4-10)12-15-13-9(2)14-16-12/h3-6H,7H2,1-2H3. The summed E-state index contributed by atoms with van der Waals surface area (Å²) in [5, 5.41) is 15.6. The second kappa shape index (κ2) is 4.78. The fraction of sp³-hybridized carbons (Fsp3) is 0.250. The molecule has 2 aromatic rings. The molecule has 0 atom stereocenters. The first-order valence-corrected chi connectivity index (χ1v) is 5.28. The van der Waals surface area contributed by atoms with Crippen molar-refractivity contribution in [3.63, 3.8) is 0 Å². The number of hydrogen-bond acceptors (Lipinski definition) is 5. The van der Waals surface area contributed by atoms with Crippen molar-refractivity contribution in [2.45, 2.75) is 20.3 Å². The maximum atomic E-state index is 11.0. The number of nitrogens with zero attached hydrogens (tertiary/aromatic N) is 4. The molecular formula is C12H12N4O. The van der Waals surface area contributed by atoms with Crippen molar-refractivity contribution in [3.8, 4) is 11.4 Å². The van der Waals surface area contributed by atoms with E-state index in [9.17, 15) is 4.79 Å². The minimum Gasteiger partial charge on any atom is -0.300 e. The largest absolute Gasteiger partial charge is 0.300 e. The zero-order valence-electron chi connectivity index (χ0n) is 9.71. The minimum atomic E-state index is 0.146. The van der Waals surface area contributed by atoms with Crippen LogP contribution in [0.25, 0.3) is 11.4 Å². The summed E-state index contributed by atoms with van der Waals surface area (Å²) in [5.41, 5.74) is 1.83. The number of aryl methyl sites for hydroxylation is 1. The molecule has 5 nitrogen and oxygen atoms in total. The Morgan fingerprint density at radius 3 is 2.18 bits per heavy atom. The third kappa shape index (κ3) is 2.90. The summed E-state index contributed by atoms with van der Waals surface area (Å²) in [6, 6.07) is 7.51. The van der Waals surface area contributed by atoms with Crippen molar-refractivity contribution in [3.05, 3.63) is 35.7 Å². The molecule has 0 unspecified atom stereocenters. The summed E-state index contributed by atoms with van der Waals surface area (Å²) in [6.07, 6.45) is 0.450. The van der Waals surface area contributed by atoms with Crippen LogP contribution in [0.15, 0.2) is 24.3 Å². The SMILES string of the molecule is CC(=O)Cc1ccc(-c2nnc(C)nn2)cc1. The van der Waals surface area contributed by atoms with Gasteiger partial charge in [-0.3, -0.25) is 4.79 Å². The highest BCUT2D eigenvalue weighted by molar-refractivity contribution is 5.78. The van der Waals surface area contributed by atoms with Gasteiger partial charge in [0.05, 0.1) is 0 Å².